The second-order valence-electron chi connectivity index (χ2n) is 6.21. The van der Waals surface area contributed by atoms with Crippen LogP contribution in [0.3, 0.4) is 0 Å². The summed E-state index contributed by atoms with van der Waals surface area (Å²) in [5.74, 6) is 1.61. The molecule has 1 aliphatic heterocycles. The van der Waals surface area contributed by atoms with Gasteiger partial charge in [-0.2, -0.15) is 0 Å². The molecule has 6 nitrogen and oxygen atoms in total. The molecule has 0 aliphatic carbocycles. The average molecular weight is 489 g/mol. The number of benzene rings is 1. The number of aromatic nitrogens is 1. The van der Waals surface area contributed by atoms with Gasteiger partial charge in [0, 0.05) is 39.2 Å². The maximum Gasteiger partial charge on any atom is 0.193 e. The van der Waals surface area contributed by atoms with Gasteiger partial charge >= 0.3 is 0 Å². The average Bonchev–Trinajstić information content (AvgIpc) is 3.24. The number of para-hydroxylation sites is 1. The molecule has 8 heteroatoms. The van der Waals surface area contributed by atoms with Gasteiger partial charge in [-0.3, -0.25) is 4.99 Å². The van der Waals surface area contributed by atoms with Crippen LogP contribution in [0.25, 0.3) is 10.2 Å². The van der Waals surface area contributed by atoms with Crippen molar-refractivity contribution in [1.29, 1.82) is 0 Å². The molecule has 0 bridgehead atoms. The molecule has 0 amide bonds. The summed E-state index contributed by atoms with van der Waals surface area (Å²) in [5.41, 5.74) is 1.05. The van der Waals surface area contributed by atoms with E-state index in [-0.39, 0.29) is 24.0 Å². The number of aliphatic imine (C=N–C) groups is 1. The van der Waals surface area contributed by atoms with Crippen molar-refractivity contribution in [3.63, 3.8) is 0 Å². The number of rotatable bonds is 7. The minimum atomic E-state index is 0. The number of halogens is 1. The molecule has 26 heavy (non-hydrogen) atoms. The van der Waals surface area contributed by atoms with E-state index in [4.69, 9.17) is 9.73 Å². The number of anilines is 1. The molecular formula is C18H28IN5OS. The Kier molecular flexibility index (Phi) is 8.86. The molecule has 1 saturated heterocycles. The normalized spacial score (nSPS) is 17.4. The van der Waals surface area contributed by atoms with Gasteiger partial charge in [0.15, 0.2) is 11.1 Å². The Balaban J connectivity index is 0.00000243. The van der Waals surface area contributed by atoms with Crippen LogP contribution in [0.5, 0.6) is 0 Å². The van der Waals surface area contributed by atoms with Crippen LogP contribution in [0.15, 0.2) is 29.3 Å². The van der Waals surface area contributed by atoms with E-state index in [1.165, 1.54) is 11.1 Å². The number of nitrogens with one attached hydrogen (secondary N) is 2. The van der Waals surface area contributed by atoms with E-state index in [1.807, 2.05) is 18.2 Å². The fraction of sp³-hybridized carbons (Fsp3) is 0.556. The Bertz CT molecular complexity index is 675. The van der Waals surface area contributed by atoms with E-state index in [9.17, 15) is 0 Å². The predicted octanol–water partition coefficient (Wildman–Crippen LogP) is 3.26. The summed E-state index contributed by atoms with van der Waals surface area (Å²) >= 11 is 1.69. The number of fused-ring (bicyclic) bond motifs is 1. The SMILES string of the molecule is CCNC(=NCCNc1nc2ccccc2s1)N1CCC(COC)C1.I. The van der Waals surface area contributed by atoms with Crippen LogP contribution in [0, 0.1) is 5.92 Å². The van der Waals surface area contributed by atoms with Gasteiger partial charge in [0.05, 0.1) is 23.4 Å². The van der Waals surface area contributed by atoms with Gasteiger partial charge in [-0.05, 0) is 25.5 Å². The first-order chi connectivity index (χ1) is 12.3. The predicted molar refractivity (Wildman–Crippen MR) is 121 cm³/mol. The topological polar surface area (TPSA) is 61.8 Å². The van der Waals surface area contributed by atoms with Gasteiger partial charge in [0.2, 0.25) is 0 Å². The van der Waals surface area contributed by atoms with E-state index < -0.39 is 0 Å². The van der Waals surface area contributed by atoms with Gasteiger partial charge in [-0.15, -0.1) is 24.0 Å². The van der Waals surface area contributed by atoms with Crippen LogP contribution in [0.2, 0.25) is 0 Å². The molecule has 1 aromatic carbocycles. The molecule has 2 heterocycles. The van der Waals surface area contributed by atoms with Crippen molar-refractivity contribution in [1.82, 2.24) is 15.2 Å². The largest absolute Gasteiger partial charge is 0.384 e. The second kappa shape index (κ2) is 10.9. The fourth-order valence-corrected chi connectivity index (χ4v) is 3.99. The summed E-state index contributed by atoms with van der Waals surface area (Å²) in [5, 5.41) is 7.75. The zero-order valence-corrected chi connectivity index (χ0v) is 18.5. The molecule has 2 aromatic rings. The lowest BCUT2D eigenvalue weighted by Crippen LogP contribution is -2.40. The van der Waals surface area contributed by atoms with Crippen molar-refractivity contribution in [2.24, 2.45) is 10.9 Å². The van der Waals surface area contributed by atoms with Crippen LogP contribution in [-0.4, -0.2) is 62.3 Å². The monoisotopic (exact) mass is 489 g/mol. The molecule has 144 valence electrons. The Morgan fingerprint density at radius 3 is 3.04 bits per heavy atom. The molecule has 1 aliphatic rings. The molecule has 2 N–H and O–H groups in total. The van der Waals surface area contributed by atoms with Crippen molar-refractivity contribution in [2.45, 2.75) is 13.3 Å². The zero-order chi connectivity index (χ0) is 17.5. The summed E-state index contributed by atoms with van der Waals surface area (Å²) in [7, 11) is 1.77. The van der Waals surface area contributed by atoms with Crippen molar-refractivity contribution in [3.05, 3.63) is 24.3 Å². The van der Waals surface area contributed by atoms with Crippen LogP contribution in [-0.2, 0) is 4.74 Å². The van der Waals surface area contributed by atoms with Gasteiger partial charge < -0.3 is 20.3 Å². The van der Waals surface area contributed by atoms with Crippen LogP contribution < -0.4 is 10.6 Å². The van der Waals surface area contributed by atoms with E-state index in [2.05, 4.69) is 33.5 Å². The summed E-state index contributed by atoms with van der Waals surface area (Å²) in [6, 6.07) is 8.21. The first-order valence-corrected chi connectivity index (χ1v) is 9.73. The lowest BCUT2D eigenvalue weighted by atomic mass is 10.1. The summed E-state index contributed by atoms with van der Waals surface area (Å²) in [6.45, 7) is 7.39. The van der Waals surface area contributed by atoms with Gasteiger partial charge in [0.1, 0.15) is 0 Å². The van der Waals surface area contributed by atoms with Crippen LogP contribution >= 0.6 is 35.3 Å². The molecule has 1 atom stereocenters. The minimum absolute atomic E-state index is 0. The van der Waals surface area contributed by atoms with Gasteiger partial charge in [0.25, 0.3) is 0 Å². The third-order valence-corrected chi connectivity index (χ3v) is 5.26. The van der Waals surface area contributed by atoms with Crippen molar-refractivity contribution >= 4 is 56.6 Å². The van der Waals surface area contributed by atoms with Gasteiger partial charge in [-0.1, -0.05) is 23.5 Å². The Morgan fingerprint density at radius 2 is 2.27 bits per heavy atom. The second-order valence-corrected chi connectivity index (χ2v) is 7.24. The quantitative estimate of drug-likeness (QED) is 0.271. The summed E-state index contributed by atoms with van der Waals surface area (Å²) in [6.07, 6.45) is 1.17. The van der Waals surface area contributed by atoms with Crippen molar-refractivity contribution in [2.75, 3.05) is 51.8 Å². The smallest absolute Gasteiger partial charge is 0.193 e. The number of guanidine groups is 1. The third-order valence-electron chi connectivity index (χ3n) is 4.27. The summed E-state index contributed by atoms with van der Waals surface area (Å²) < 4.78 is 6.49. The van der Waals surface area contributed by atoms with Crippen LogP contribution in [0.1, 0.15) is 13.3 Å². The maximum absolute atomic E-state index is 5.28. The maximum atomic E-state index is 5.28. The third kappa shape index (κ3) is 5.68. The highest BCUT2D eigenvalue weighted by Crippen LogP contribution is 2.25. The lowest BCUT2D eigenvalue weighted by molar-refractivity contribution is 0.157. The first-order valence-electron chi connectivity index (χ1n) is 8.91. The summed E-state index contributed by atoms with van der Waals surface area (Å²) in [4.78, 5) is 11.7. The highest BCUT2D eigenvalue weighted by atomic mass is 127. The molecule has 1 unspecified atom stereocenters. The van der Waals surface area contributed by atoms with E-state index in [0.29, 0.717) is 5.92 Å². The molecule has 0 spiro atoms. The fourth-order valence-electron chi connectivity index (χ4n) is 3.10. The number of hydrogen-bond donors (Lipinski definition) is 2. The highest BCUT2D eigenvalue weighted by Gasteiger charge is 2.24. The number of methoxy groups -OCH3 is 1. The van der Waals surface area contributed by atoms with Crippen molar-refractivity contribution in [3.8, 4) is 0 Å². The number of thiazole rings is 1. The zero-order valence-electron chi connectivity index (χ0n) is 15.4. The Labute approximate surface area is 176 Å². The molecular weight excluding hydrogens is 461 g/mol. The van der Waals surface area contributed by atoms with E-state index in [0.717, 1.165) is 55.9 Å². The van der Waals surface area contributed by atoms with E-state index >= 15 is 0 Å². The Morgan fingerprint density at radius 1 is 1.42 bits per heavy atom. The van der Waals surface area contributed by atoms with Crippen molar-refractivity contribution < 1.29 is 4.74 Å². The standard InChI is InChI=1S/C18H27N5OS.HI/c1-3-19-17(23-11-8-14(12-23)13-24-2)20-9-10-21-18-22-15-6-4-5-7-16(15)25-18;/h4-7,14H,3,8-13H2,1-2H3,(H,19,20)(H,21,22);1H. The molecule has 1 fully saturated rings. The number of ether oxygens (including phenoxy) is 1. The van der Waals surface area contributed by atoms with E-state index in [1.54, 1.807) is 18.4 Å². The number of hydrogen-bond acceptors (Lipinski definition) is 5. The minimum Gasteiger partial charge on any atom is -0.384 e. The first kappa shape index (κ1) is 21.2. The molecule has 1 aromatic heterocycles. The number of nitrogens with zero attached hydrogens (tertiary/aromatic N) is 3. The lowest BCUT2D eigenvalue weighted by Gasteiger charge is -2.21. The molecule has 0 radical (unpaired) electrons. The highest BCUT2D eigenvalue weighted by molar-refractivity contribution is 14.0. The molecule has 3 rings (SSSR count). The van der Waals surface area contributed by atoms with Gasteiger partial charge in [-0.25, -0.2) is 4.98 Å². The Hall–Kier alpha value is -1.13. The molecule has 0 saturated carbocycles. The number of likely N-dealkylation sites (tertiary alicyclic amines) is 1. The van der Waals surface area contributed by atoms with Crippen LogP contribution in [0.4, 0.5) is 5.13 Å².